The third kappa shape index (κ3) is 4.37. The summed E-state index contributed by atoms with van der Waals surface area (Å²) >= 11 is 0. The zero-order valence-corrected chi connectivity index (χ0v) is 15.0. The molecule has 8 heteroatoms. The van der Waals surface area contributed by atoms with E-state index in [4.69, 9.17) is 4.74 Å². The Morgan fingerprint density at radius 3 is 2.68 bits per heavy atom. The minimum Gasteiger partial charge on any atom is -0.381 e. The van der Waals surface area contributed by atoms with Gasteiger partial charge in [-0.2, -0.15) is 4.72 Å². The maximum Gasteiger partial charge on any atom is 0.244 e. The third-order valence-corrected chi connectivity index (χ3v) is 6.15. The summed E-state index contributed by atoms with van der Waals surface area (Å²) in [6, 6.07) is 4.35. The highest BCUT2D eigenvalue weighted by Crippen LogP contribution is 2.29. The Labute approximate surface area is 147 Å². The zero-order chi connectivity index (χ0) is 18.0. The van der Waals surface area contributed by atoms with Crippen molar-refractivity contribution in [3.63, 3.8) is 0 Å². The van der Waals surface area contributed by atoms with Gasteiger partial charge in [-0.05, 0) is 38.3 Å². The molecule has 3 rings (SSSR count). The number of rotatable bonds is 7. The number of nitrogens with zero attached hydrogens (tertiary/aromatic N) is 1. The number of nitrogens with one attached hydrogen (secondary N) is 1. The lowest BCUT2D eigenvalue weighted by molar-refractivity contribution is -0.133. The van der Waals surface area contributed by atoms with Gasteiger partial charge in [-0.3, -0.25) is 4.79 Å². The maximum absolute atomic E-state index is 13.8. The number of hydrogen-bond donors (Lipinski definition) is 1. The number of carbonyl (C=O) groups is 1. The molecule has 6 nitrogen and oxygen atoms in total. The number of ether oxygens (including phenoxy) is 1. The number of halogens is 1. The molecule has 138 valence electrons. The average Bonchev–Trinajstić information content (AvgIpc) is 3.28. The van der Waals surface area contributed by atoms with Crippen LogP contribution in [0.5, 0.6) is 0 Å². The van der Waals surface area contributed by atoms with E-state index >= 15 is 0 Å². The summed E-state index contributed by atoms with van der Waals surface area (Å²) in [5, 5.41) is 0. The summed E-state index contributed by atoms with van der Waals surface area (Å²) < 4.78 is 46.2. The van der Waals surface area contributed by atoms with Crippen molar-refractivity contribution in [2.45, 2.75) is 43.2 Å². The molecule has 1 saturated heterocycles. The van der Waals surface area contributed by atoms with Crippen LogP contribution in [0.3, 0.4) is 0 Å². The first-order valence-electron chi connectivity index (χ1n) is 8.53. The summed E-state index contributed by atoms with van der Waals surface area (Å²) in [6.07, 6.45) is 2.78. The van der Waals surface area contributed by atoms with Gasteiger partial charge >= 0.3 is 0 Å². The minimum atomic E-state index is -4.10. The molecular formula is C17H23FN2O4S. The molecule has 25 heavy (non-hydrogen) atoms. The van der Waals surface area contributed by atoms with Gasteiger partial charge in [0.1, 0.15) is 10.7 Å². The lowest BCUT2D eigenvalue weighted by Crippen LogP contribution is -2.49. The summed E-state index contributed by atoms with van der Waals surface area (Å²) in [6.45, 7) is 3.41. The molecule has 0 radical (unpaired) electrons. The van der Waals surface area contributed by atoms with Crippen LogP contribution in [0.15, 0.2) is 29.2 Å². The molecule has 0 bridgehead atoms. The quantitative estimate of drug-likeness (QED) is 0.790. The highest BCUT2D eigenvalue weighted by atomic mass is 32.2. The molecule has 0 aromatic heterocycles. The van der Waals surface area contributed by atoms with E-state index < -0.39 is 26.8 Å². The van der Waals surface area contributed by atoms with Crippen molar-refractivity contribution >= 4 is 15.9 Å². The Hall–Kier alpha value is -1.51. The second kappa shape index (κ2) is 7.39. The largest absolute Gasteiger partial charge is 0.381 e. The lowest BCUT2D eigenvalue weighted by Gasteiger charge is -2.28. The van der Waals surface area contributed by atoms with Gasteiger partial charge in [0.05, 0.1) is 12.6 Å². The predicted molar refractivity (Wildman–Crippen MR) is 89.8 cm³/mol. The van der Waals surface area contributed by atoms with Crippen LogP contribution in [0, 0.1) is 11.7 Å². The molecule has 2 aliphatic rings. The van der Waals surface area contributed by atoms with Crippen LogP contribution in [0.25, 0.3) is 0 Å². The van der Waals surface area contributed by atoms with Crippen molar-refractivity contribution in [3.05, 3.63) is 30.1 Å². The summed E-state index contributed by atoms with van der Waals surface area (Å²) in [5.41, 5.74) is 0. The monoisotopic (exact) mass is 370 g/mol. The number of sulfonamides is 1. The molecule has 1 aliphatic heterocycles. The van der Waals surface area contributed by atoms with Crippen molar-refractivity contribution in [3.8, 4) is 0 Å². The molecule has 1 saturated carbocycles. The first kappa shape index (κ1) is 18.3. The number of amides is 1. The van der Waals surface area contributed by atoms with E-state index in [-0.39, 0.29) is 11.9 Å². The minimum absolute atomic E-state index is 0.175. The van der Waals surface area contributed by atoms with Crippen LogP contribution in [-0.4, -0.2) is 51.1 Å². The molecule has 1 aromatic rings. The summed E-state index contributed by atoms with van der Waals surface area (Å²) in [5.74, 6) is -0.814. The van der Waals surface area contributed by atoms with Crippen LogP contribution in [-0.2, 0) is 19.6 Å². The van der Waals surface area contributed by atoms with Gasteiger partial charge in [-0.25, -0.2) is 12.8 Å². The SMILES string of the molecule is C[C@@H](NS(=O)(=O)c1ccccc1F)C(=O)N(CC1CCOC1)C1CC1. The Kier molecular flexibility index (Phi) is 5.41. The summed E-state index contributed by atoms with van der Waals surface area (Å²) in [7, 11) is -4.10. The van der Waals surface area contributed by atoms with Gasteiger partial charge in [0.2, 0.25) is 15.9 Å². The predicted octanol–water partition coefficient (Wildman–Crippen LogP) is 1.52. The molecule has 1 aromatic carbocycles. The first-order valence-corrected chi connectivity index (χ1v) is 10.0. The van der Waals surface area contributed by atoms with Crippen LogP contribution in [0.2, 0.25) is 0 Å². The van der Waals surface area contributed by atoms with Crippen molar-refractivity contribution in [2.24, 2.45) is 5.92 Å². The first-order chi connectivity index (χ1) is 11.9. The molecule has 0 spiro atoms. The fourth-order valence-electron chi connectivity index (χ4n) is 3.07. The molecule has 1 aliphatic carbocycles. The normalized spacial score (nSPS) is 21.9. The van der Waals surface area contributed by atoms with Crippen LogP contribution in [0.4, 0.5) is 4.39 Å². The fraction of sp³-hybridized carbons (Fsp3) is 0.588. The van der Waals surface area contributed by atoms with Gasteiger partial charge in [-0.1, -0.05) is 12.1 Å². The standard InChI is InChI=1S/C17H23FN2O4S/c1-12(19-25(22,23)16-5-3-2-4-15(16)18)17(21)20(14-6-7-14)10-13-8-9-24-11-13/h2-5,12-14,19H,6-11H2,1H3/t12-,13?/m1/s1. The highest BCUT2D eigenvalue weighted by molar-refractivity contribution is 7.89. The van der Waals surface area contributed by atoms with E-state index in [9.17, 15) is 17.6 Å². The van der Waals surface area contributed by atoms with Crippen molar-refractivity contribution in [1.82, 2.24) is 9.62 Å². The van der Waals surface area contributed by atoms with E-state index in [2.05, 4.69) is 4.72 Å². The molecule has 2 fully saturated rings. The average molecular weight is 370 g/mol. The summed E-state index contributed by atoms with van der Waals surface area (Å²) in [4.78, 5) is 14.1. The highest BCUT2D eigenvalue weighted by Gasteiger charge is 2.37. The van der Waals surface area contributed by atoms with E-state index in [1.54, 1.807) is 4.90 Å². The van der Waals surface area contributed by atoms with Crippen molar-refractivity contribution in [1.29, 1.82) is 0 Å². The molecule has 1 amide bonds. The van der Waals surface area contributed by atoms with Crippen molar-refractivity contribution < 1.29 is 22.3 Å². The maximum atomic E-state index is 13.8. The lowest BCUT2D eigenvalue weighted by atomic mass is 10.1. The smallest absolute Gasteiger partial charge is 0.244 e. The zero-order valence-electron chi connectivity index (χ0n) is 14.2. The van der Waals surface area contributed by atoms with E-state index in [0.29, 0.717) is 25.7 Å². The Balaban J connectivity index is 1.69. The van der Waals surface area contributed by atoms with Crippen molar-refractivity contribution in [2.75, 3.05) is 19.8 Å². The number of hydrogen-bond acceptors (Lipinski definition) is 4. The molecule has 1 N–H and O–H groups in total. The van der Waals surface area contributed by atoms with Gasteiger partial charge < -0.3 is 9.64 Å². The van der Waals surface area contributed by atoms with Crippen LogP contribution >= 0.6 is 0 Å². The van der Waals surface area contributed by atoms with E-state index in [0.717, 1.165) is 25.3 Å². The van der Waals surface area contributed by atoms with Crippen LogP contribution < -0.4 is 4.72 Å². The Morgan fingerprint density at radius 2 is 2.08 bits per heavy atom. The Bertz CT molecular complexity index is 730. The van der Waals surface area contributed by atoms with E-state index in [1.807, 2.05) is 0 Å². The van der Waals surface area contributed by atoms with Gasteiger partial charge in [0.15, 0.2) is 0 Å². The van der Waals surface area contributed by atoms with E-state index in [1.165, 1.54) is 25.1 Å². The van der Waals surface area contributed by atoms with Gasteiger partial charge in [0, 0.05) is 25.1 Å². The molecule has 1 heterocycles. The second-order valence-electron chi connectivity index (χ2n) is 6.72. The van der Waals surface area contributed by atoms with Gasteiger partial charge in [-0.15, -0.1) is 0 Å². The second-order valence-corrected chi connectivity index (χ2v) is 8.41. The van der Waals surface area contributed by atoms with Crippen LogP contribution in [0.1, 0.15) is 26.2 Å². The molecule has 1 unspecified atom stereocenters. The Morgan fingerprint density at radius 1 is 1.36 bits per heavy atom. The number of benzene rings is 1. The molecule has 2 atom stereocenters. The topological polar surface area (TPSA) is 75.7 Å². The molecular weight excluding hydrogens is 347 g/mol. The fourth-order valence-corrected chi connectivity index (χ4v) is 4.34. The third-order valence-electron chi connectivity index (χ3n) is 4.58. The number of carbonyl (C=O) groups excluding carboxylic acids is 1. The van der Waals surface area contributed by atoms with Gasteiger partial charge in [0.25, 0.3) is 0 Å².